The summed E-state index contributed by atoms with van der Waals surface area (Å²) in [5.41, 5.74) is 1.14. The van der Waals surface area contributed by atoms with Gasteiger partial charge >= 0.3 is 0 Å². The fourth-order valence-electron chi connectivity index (χ4n) is 2.10. The second-order valence-corrected chi connectivity index (χ2v) is 4.66. The highest BCUT2D eigenvalue weighted by molar-refractivity contribution is 5.96. The highest BCUT2D eigenvalue weighted by atomic mass is 16.2. The van der Waals surface area contributed by atoms with Crippen LogP contribution < -0.4 is 5.32 Å². The highest BCUT2D eigenvalue weighted by Gasteiger charge is 2.18. The zero-order valence-electron chi connectivity index (χ0n) is 12.3. The lowest BCUT2D eigenvalue weighted by atomic mass is 10.2. The second kappa shape index (κ2) is 6.83. The standard InChI is InChI=1S/C16H19N3O2/c1-3-17-15(20)11-19(4-2)16(21)14-10-9-12-7-5-6-8-13(12)18-14/h5-10H,3-4,11H2,1-2H3,(H,17,20). The van der Waals surface area contributed by atoms with Crippen LogP contribution in [0.5, 0.6) is 0 Å². The largest absolute Gasteiger partial charge is 0.355 e. The number of benzene rings is 1. The van der Waals surface area contributed by atoms with Gasteiger partial charge in [0.25, 0.3) is 5.91 Å². The quantitative estimate of drug-likeness (QED) is 0.911. The number of rotatable bonds is 5. The Morgan fingerprint density at radius 1 is 1.14 bits per heavy atom. The lowest BCUT2D eigenvalue weighted by molar-refractivity contribution is -0.121. The summed E-state index contributed by atoms with van der Waals surface area (Å²) >= 11 is 0. The van der Waals surface area contributed by atoms with E-state index >= 15 is 0 Å². The van der Waals surface area contributed by atoms with Crippen LogP contribution in [0.3, 0.4) is 0 Å². The minimum Gasteiger partial charge on any atom is -0.355 e. The fraction of sp³-hybridized carbons (Fsp3) is 0.312. The molecule has 5 heteroatoms. The molecule has 0 aliphatic heterocycles. The van der Waals surface area contributed by atoms with Gasteiger partial charge in [0.2, 0.25) is 5.91 Å². The van der Waals surface area contributed by atoms with Crippen LogP contribution in [0.1, 0.15) is 24.3 Å². The fourth-order valence-corrected chi connectivity index (χ4v) is 2.10. The summed E-state index contributed by atoms with van der Waals surface area (Å²) in [4.78, 5) is 29.9. The predicted octanol–water partition coefficient (Wildman–Crippen LogP) is 1.83. The number of pyridine rings is 1. The molecule has 21 heavy (non-hydrogen) atoms. The summed E-state index contributed by atoms with van der Waals surface area (Å²) < 4.78 is 0. The van der Waals surface area contributed by atoms with Crippen LogP contribution in [0.2, 0.25) is 0 Å². The molecular formula is C16H19N3O2. The Kier molecular flexibility index (Phi) is 4.87. The van der Waals surface area contributed by atoms with Crippen molar-refractivity contribution < 1.29 is 9.59 Å². The van der Waals surface area contributed by atoms with E-state index in [2.05, 4.69) is 10.3 Å². The lowest BCUT2D eigenvalue weighted by Crippen LogP contribution is -2.40. The number of amides is 2. The molecule has 0 spiro atoms. The summed E-state index contributed by atoms with van der Waals surface area (Å²) in [5, 5.41) is 3.68. The third kappa shape index (κ3) is 3.56. The van der Waals surface area contributed by atoms with E-state index in [4.69, 9.17) is 0 Å². The van der Waals surface area contributed by atoms with Crippen LogP contribution in [-0.2, 0) is 4.79 Å². The maximum atomic E-state index is 12.4. The number of carbonyl (C=O) groups is 2. The molecule has 2 amide bonds. The Morgan fingerprint density at radius 2 is 1.90 bits per heavy atom. The van der Waals surface area contributed by atoms with E-state index in [1.54, 1.807) is 6.07 Å². The maximum Gasteiger partial charge on any atom is 0.272 e. The number of hydrogen-bond acceptors (Lipinski definition) is 3. The Bertz CT molecular complexity index is 655. The van der Waals surface area contributed by atoms with E-state index in [0.717, 1.165) is 10.9 Å². The summed E-state index contributed by atoms with van der Waals surface area (Å²) in [7, 11) is 0. The molecule has 0 saturated carbocycles. The molecule has 0 radical (unpaired) electrons. The van der Waals surface area contributed by atoms with E-state index in [-0.39, 0.29) is 18.4 Å². The van der Waals surface area contributed by atoms with E-state index in [1.807, 2.05) is 44.2 Å². The van der Waals surface area contributed by atoms with Crippen molar-refractivity contribution in [2.24, 2.45) is 0 Å². The number of nitrogens with zero attached hydrogens (tertiary/aromatic N) is 2. The van der Waals surface area contributed by atoms with Crippen molar-refractivity contribution in [1.82, 2.24) is 15.2 Å². The molecule has 0 fully saturated rings. The van der Waals surface area contributed by atoms with Crippen LogP contribution >= 0.6 is 0 Å². The van der Waals surface area contributed by atoms with Gasteiger partial charge in [-0.3, -0.25) is 9.59 Å². The van der Waals surface area contributed by atoms with E-state index in [1.165, 1.54) is 4.90 Å². The summed E-state index contributed by atoms with van der Waals surface area (Å²) in [5.74, 6) is -0.386. The number of para-hydroxylation sites is 1. The number of hydrogen-bond donors (Lipinski definition) is 1. The van der Waals surface area contributed by atoms with Gasteiger partial charge in [-0.25, -0.2) is 4.98 Å². The van der Waals surface area contributed by atoms with Gasteiger partial charge < -0.3 is 10.2 Å². The molecule has 0 aliphatic carbocycles. The number of fused-ring (bicyclic) bond motifs is 1. The SMILES string of the molecule is CCNC(=O)CN(CC)C(=O)c1ccc2ccccc2n1. The van der Waals surface area contributed by atoms with Crippen LogP contribution in [-0.4, -0.2) is 41.3 Å². The zero-order chi connectivity index (χ0) is 15.2. The zero-order valence-corrected chi connectivity index (χ0v) is 12.3. The van der Waals surface area contributed by atoms with Crippen molar-refractivity contribution in [3.8, 4) is 0 Å². The van der Waals surface area contributed by atoms with E-state index < -0.39 is 0 Å². The molecule has 0 atom stereocenters. The maximum absolute atomic E-state index is 12.4. The van der Waals surface area contributed by atoms with Crippen molar-refractivity contribution in [2.45, 2.75) is 13.8 Å². The topological polar surface area (TPSA) is 62.3 Å². The Labute approximate surface area is 124 Å². The molecule has 1 heterocycles. The first kappa shape index (κ1) is 15.0. The Balaban J connectivity index is 2.20. The van der Waals surface area contributed by atoms with Crippen molar-refractivity contribution in [2.75, 3.05) is 19.6 Å². The molecule has 0 unspecified atom stereocenters. The molecule has 2 rings (SSSR count). The molecule has 1 aromatic heterocycles. The van der Waals surface area contributed by atoms with Crippen molar-refractivity contribution >= 4 is 22.7 Å². The van der Waals surface area contributed by atoms with Crippen LogP contribution in [0.15, 0.2) is 36.4 Å². The van der Waals surface area contributed by atoms with Crippen LogP contribution in [0, 0.1) is 0 Å². The van der Waals surface area contributed by atoms with Crippen molar-refractivity contribution in [3.05, 3.63) is 42.1 Å². The molecular weight excluding hydrogens is 266 g/mol. The lowest BCUT2D eigenvalue weighted by Gasteiger charge is -2.19. The average Bonchev–Trinajstić information content (AvgIpc) is 2.51. The van der Waals surface area contributed by atoms with E-state index in [9.17, 15) is 9.59 Å². The summed E-state index contributed by atoms with van der Waals surface area (Å²) in [6.45, 7) is 4.76. The van der Waals surface area contributed by atoms with Gasteiger partial charge in [-0.2, -0.15) is 0 Å². The van der Waals surface area contributed by atoms with Crippen molar-refractivity contribution in [1.29, 1.82) is 0 Å². The molecule has 2 aromatic rings. The predicted molar refractivity (Wildman–Crippen MR) is 82.0 cm³/mol. The minimum absolute atomic E-state index is 0.0533. The molecule has 110 valence electrons. The first-order valence-corrected chi connectivity index (χ1v) is 7.07. The van der Waals surface area contributed by atoms with Crippen LogP contribution in [0.25, 0.3) is 10.9 Å². The molecule has 0 aliphatic rings. The van der Waals surface area contributed by atoms with Gasteiger partial charge in [0.05, 0.1) is 12.1 Å². The second-order valence-electron chi connectivity index (χ2n) is 4.66. The average molecular weight is 285 g/mol. The minimum atomic E-state index is -0.227. The summed E-state index contributed by atoms with van der Waals surface area (Å²) in [6.07, 6.45) is 0. The normalized spacial score (nSPS) is 10.4. The molecule has 0 bridgehead atoms. The van der Waals surface area contributed by atoms with Gasteiger partial charge in [-0.15, -0.1) is 0 Å². The Morgan fingerprint density at radius 3 is 2.62 bits per heavy atom. The van der Waals surface area contributed by atoms with Gasteiger partial charge in [0.15, 0.2) is 0 Å². The monoisotopic (exact) mass is 285 g/mol. The van der Waals surface area contributed by atoms with Gasteiger partial charge in [0, 0.05) is 18.5 Å². The van der Waals surface area contributed by atoms with Crippen molar-refractivity contribution in [3.63, 3.8) is 0 Å². The third-order valence-corrected chi connectivity index (χ3v) is 3.19. The number of carbonyl (C=O) groups excluding carboxylic acids is 2. The number of nitrogens with one attached hydrogen (secondary N) is 1. The Hall–Kier alpha value is -2.43. The first-order valence-electron chi connectivity index (χ1n) is 7.07. The summed E-state index contributed by atoms with van der Waals surface area (Å²) in [6, 6.07) is 11.2. The van der Waals surface area contributed by atoms with E-state index in [0.29, 0.717) is 18.8 Å². The molecule has 1 N–H and O–H groups in total. The van der Waals surface area contributed by atoms with Crippen LogP contribution in [0.4, 0.5) is 0 Å². The van der Waals surface area contributed by atoms with Gasteiger partial charge in [-0.05, 0) is 26.0 Å². The number of likely N-dealkylation sites (N-methyl/N-ethyl adjacent to an activating group) is 2. The molecule has 1 aromatic carbocycles. The molecule has 0 saturated heterocycles. The van der Waals surface area contributed by atoms with Gasteiger partial charge in [0.1, 0.15) is 5.69 Å². The van der Waals surface area contributed by atoms with Gasteiger partial charge in [-0.1, -0.05) is 24.3 Å². The molecule has 5 nitrogen and oxygen atoms in total. The first-order chi connectivity index (χ1) is 10.2. The third-order valence-electron chi connectivity index (χ3n) is 3.19. The number of aromatic nitrogens is 1. The highest BCUT2D eigenvalue weighted by Crippen LogP contribution is 2.13. The smallest absolute Gasteiger partial charge is 0.272 e.